The second-order valence-corrected chi connectivity index (χ2v) is 8.93. The zero-order valence-electron chi connectivity index (χ0n) is 21.2. The van der Waals surface area contributed by atoms with E-state index in [0.717, 1.165) is 38.3 Å². The number of aromatic nitrogens is 2. The van der Waals surface area contributed by atoms with Crippen molar-refractivity contribution in [1.82, 2.24) is 19.4 Å². The van der Waals surface area contributed by atoms with Crippen molar-refractivity contribution < 1.29 is 19.0 Å². The van der Waals surface area contributed by atoms with Gasteiger partial charge in [-0.15, -0.1) is 0 Å². The molecule has 0 aliphatic carbocycles. The lowest BCUT2D eigenvalue weighted by atomic mass is 10.2. The first-order chi connectivity index (χ1) is 17.5. The Labute approximate surface area is 211 Å². The van der Waals surface area contributed by atoms with Crippen LogP contribution in [0, 0.1) is 0 Å². The van der Waals surface area contributed by atoms with Crippen LogP contribution in [0.15, 0.2) is 47.5 Å². The molecule has 36 heavy (non-hydrogen) atoms. The van der Waals surface area contributed by atoms with E-state index in [4.69, 9.17) is 14.2 Å². The molecule has 0 N–H and O–H groups in total. The van der Waals surface area contributed by atoms with Gasteiger partial charge in [0.05, 0.1) is 38.6 Å². The fourth-order valence-electron chi connectivity index (χ4n) is 4.57. The Bertz CT molecular complexity index is 1240. The lowest BCUT2D eigenvalue weighted by Gasteiger charge is -2.22. The van der Waals surface area contributed by atoms with Crippen molar-refractivity contribution in [3.63, 3.8) is 0 Å². The predicted molar refractivity (Wildman–Crippen MR) is 138 cm³/mol. The highest BCUT2D eigenvalue weighted by molar-refractivity contribution is 5.81. The van der Waals surface area contributed by atoms with E-state index >= 15 is 0 Å². The van der Waals surface area contributed by atoms with Crippen LogP contribution in [0.1, 0.15) is 24.8 Å². The van der Waals surface area contributed by atoms with Crippen molar-refractivity contribution in [2.75, 3.05) is 47.5 Å². The molecule has 2 aromatic carbocycles. The molecule has 3 aromatic rings. The molecule has 0 atom stereocenters. The number of hydrogen-bond donors (Lipinski definition) is 0. The van der Waals surface area contributed by atoms with Crippen LogP contribution in [0.3, 0.4) is 0 Å². The topological polar surface area (TPSA) is 86.1 Å². The van der Waals surface area contributed by atoms with Crippen LogP contribution in [0.4, 0.5) is 0 Å². The van der Waals surface area contributed by atoms with E-state index in [2.05, 4.69) is 22.0 Å². The Kier molecular flexibility index (Phi) is 8.43. The Balaban J connectivity index is 1.30. The van der Waals surface area contributed by atoms with Gasteiger partial charge in [-0.05, 0) is 36.6 Å². The summed E-state index contributed by atoms with van der Waals surface area (Å²) in [6, 6.07) is 11.5. The average Bonchev–Trinajstić information content (AvgIpc) is 3.15. The first-order valence-corrected chi connectivity index (χ1v) is 12.3. The third-order valence-electron chi connectivity index (χ3n) is 6.63. The minimum atomic E-state index is -0.155. The van der Waals surface area contributed by atoms with Gasteiger partial charge in [-0.25, -0.2) is 4.98 Å². The fraction of sp³-hybridized carbons (Fsp3) is 0.444. The first-order valence-electron chi connectivity index (χ1n) is 12.3. The van der Waals surface area contributed by atoms with Crippen molar-refractivity contribution in [3.8, 4) is 17.2 Å². The minimum absolute atomic E-state index is 0.134. The maximum atomic E-state index is 13.0. The van der Waals surface area contributed by atoms with Gasteiger partial charge in [0, 0.05) is 51.8 Å². The van der Waals surface area contributed by atoms with Crippen LogP contribution in [0.25, 0.3) is 10.9 Å². The molecule has 0 bridgehead atoms. The molecule has 1 aromatic heterocycles. The first kappa shape index (κ1) is 25.5. The van der Waals surface area contributed by atoms with Gasteiger partial charge in [-0.3, -0.25) is 19.1 Å². The van der Waals surface area contributed by atoms with Gasteiger partial charge in [0.2, 0.25) is 5.91 Å². The third-order valence-corrected chi connectivity index (χ3v) is 6.63. The number of hydrogen-bond acceptors (Lipinski definition) is 7. The SMILES string of the molecule is COc1ccc(CN2CCCN(C(=O)CCCn3cnc4cc(OC)c(OC)cc4c3=O)CC2)cc1. The minimum Gasteiger partial charge on any atom is -0.497 e. The number of rotatable bonds is 9. The summed E-state index contributed by atoms with van der Waals surface area (Å²) in [5.41, 5.74) is 1.63. The summed E-state index contributed by atoms with van der Waals surface area (Å²) in [5, 5.41) is 0.464. The number of carbonyl (C=O) groups excluding carboxylic acids is 1. The van der Waals surface area contributed by atoms with E-state index in [9.17, 15) is 9.59 Å². The molecule has 1 fully saturated rings. The molecule has 0 spiro atoms. The zero-order chi connectivity index (χ0) is 25.5. The van der Waals surface area contributed by atoms with Gasteiger partial charge in [0.15, 0.2) is 11.5 Å². The lowest BCUT2D eigenvalue weighted by molar-refractivity contribution is -0.131. The molecule has 4 rings (SSSR count). The van der Waals surface area contributed by atoms with Crippen molar-refractivity contribution in [3.05, 3.63) is 58.6 Å². The van der Waals surface area contributed by atoms with Gasteiger partial charge >= 0.3 is 0 Å². The van der Waals surface area contributed by atoms with Crippen LogP contribution in [-0.4, -0.2) is 72.8 Å². The predicted octanol–water partition coefficient (Wildman–Crippen LogP) is 2.94. The molecule has 2 heterocycles. The van der Waals surface area contributed by atoms with E-state index in [1.807, 2.05) is 17.0 Å². The highest BCUT2D eigenvalue weighted by Gasteiger charge is 2.19. The van der Waals surface area contributed by atoms with E-state index < -0.39 is 0 Å². The molecular weight excluding hydrogens is 460 g/mol. The molecule has 1 aliphatic heterocycles. The number of methoxy groups -OCH3 is 3. The summed E-state index contributed by atoms with van der Waals surface area (Å²) in [6.45, 7) is 4.57. The molecular formula is C27H34N4O5. The summed E-state index contributed by atoms with van der Waals surface area (Å²) in [4.78, 5) is 34.6. The summed E-state index contributed by atoms with van der Waals surface area (Å²) in [6.07, 6.45) is 3.45. The number of aryl methyl sites for hydroxylation is 1. The summed E-state index contributed by atoms with van der Waals surface area (Å²) in [7, 11) is 4.75. The maximum absolute atomic E-state index is 13.0. The van der Waals surface area contributed by atoms with Gasteiger partial charge in [-0.1, -0.05) is 12.1 Å². The molecule has 192 valence electrons. The number of nitrogens with zero attached hydrogens (tertiary/aromatic N) is 4. The average molecular weight is 495 g/mol. The van der Waals surface area contributed by atoms with Crippen LogP contribution in [0.5, 0.6) is 17.2 Å². The van der Waals surface area contributed by atoms with Crippen molar-refractivity contribution in [2.24, 2.45) is 0 Å². The third kappa shape index (κ3) is 5.96. The standard InChI is InChI=1S/C27H34N4O5/c1-34-21-9-7-20(8-10-21)18-29-11-5-13-30(15-14-29)26(32)6-4-12-31-19-28-23-17-25(36-3)24(35-2)16-22(23)27(31)33/h7-10,16-17,19H,4-6,11-15,18H2,1-3H3. The molecule has 0 unspecified atom stereocenters. The summed E-state index contributed by atoms with van der Waals surface area (Å²) >= 11 is 0. The van der Waals surface area contributed by atoms with Gasteiger partial charge in [-0.2, -0.15) is 0 Å². The van der Waals surface area contributed by atoms with Crippen LogP contribution in [0.2, 0.25) is 0 Å². The molecule has 1 amide bonds. The summed E-state index contributed by atoms with van der Waals surface area (Å²) in [5.74, 6) is 2.00. The largest absolute Gasteiger partial charge is 0.497 e. The zero-order valence-corrected chi connectivity index (χ0v) is 21.2. The second kappa shape index (κ2) is 11.9. The Morgan fingerprint density at radius 1 is 0.944 bits per heavy atom. The number of benzene rings is 2. The van der Waals surface area contributed by atoms with Crippen LogP contribution >= 0.6 is 0 Å². The lowest BCUT2D eigenvalue weighted by Crippen LogP contribution is -2.35. The highest BCUT2D eigenvalue weighted by atomic mass is 16.5. The van der Waals surface area contributed by atoms with Crippen LogP contribution < -0.4 is 19.8 Å². The monoisotopic (exact) mass is 494 g/mol. The van der Waals surface area contributed by atoms with E-state index in [1.165, 1.54) is 19.0 Å². The number of carbonyl (C=O) groups is 1. The van der Waals surface area contributed by atoms with Gasteiger partial charge < -0.3 is 19.1 Å². The van der Waals surface area contributed by atoms with Crippen LogP contribution in [-0.2, 0) is 17.9 Å². The number of amides is 1. The van der Waals surface area contributed by atoms with E-state index in [-0.39, 0.29) is 11.5 Å². The second-order valence-electron chi connectivity index (χ2n) is 8.93. The summed E-state index contributed by atoms with van der Waals surface area (Å²) < 4.78 is 17.4. The molecule has 9 nitrogen and oxygen atoms in total. The molecule has 1 saturated heterocycles. The number of ether oxygens (including phenoxy) is 3. The van der Waals surface area contributed by atoms with E-state index in [0.29, 0.717) is 48.3 Å². The molecule has 0 saturated carbocycles. The molecule has 1 aliphatic rings. The Hall–Kier alpha value is -3.59. The Morgan fingerprint density at radius 3 is 2.42 bits per heavy atom. The molecule has 9 heteroatoms. The smallest absolute Gasteiger partial charge is 0.261 e. The van der Waals surface area contributed by atoms with Crippen molar-refractivity contribution >= 4 is 16.8 Å². The number of fused-ring (bicyclic) bond motifs is 1. The molecule has 0 radical (unpaired) electrons. The van der Waals surface area contributed by atoms with Crippen molar-refractivity contribution in [1.29, 1.82) is 0 Å². The van der Waals surface area contributed by atoms with Crippen molar-refractivity contribution in [2.45, 2.75) is 32.4 Å². The highest BCUT2D eigenvalue weighted by Crippen LogP contribution is 2.29. The maximum Gasteiger partial charge on any atom is 0.261 e. The van der Waals surface area contributed by atoms with Gasteiger partial charge in [0.1, 0.15) is 5.75 Å². The van der Waals surface area contributed by atoms with E-state index in [1.54, 1.807) is 30.9 Å². The van der Waals surface area contributed by atoms with Gasteiger partial charge in [0.25, 0.3) is 5.56 Å². The normalized spacial score (nSPS) is 14.5. The fourth-order valence-corrected chi connectivity index (χ4v) is 4.57. The quantitative estimate of drug-likeness (QED) is 0.452. The Morgan fingerprint density at radius 2 is 1.69 bits per heavy atom.